The lowest BCUT2D eigenvalue weighted by Gasteiger charge is -2.11. The molecule has 0 aliphatic heterocycles. The molecule has 1 saturated carbocycles. The van der Waals surface area contributed by atoms with Gasteiger partial charge in [0.1, 0.15) is 0 Å². The van der Waals surface area contributed by atoms with Crippen molar-refractivity contribution < 1.29 is 18.0 Å². The summed E-state index contributed by atoms with van der Waals surface area (Å²) in [5.41, 5.74) is 2.77. The predicted molar refractivity (Wildman–Crippen MR) is 103 cm³/mol. The smallest absolute Gasteiger partial charge is 0.325 e. The van der Waals surface area contributed by atoms with Gasteiger partial charge in [0.25, 0.3) is 0 Å². The highest BCUT2D eigenvalue weighted by atomic mass is 19.4. The molecule has 142 valence electrons. The Bertz CT molecular complexity index is 981. The van der Waals surface area contributed by atoms with Crippen molar-refractivity contribution in [1.82, 2.24) is 0 Å². The molecular weight excluding hydrogens is 363 g/mol. The van der Waals surface area contributed by atoms with E-state index < -0.39 is 11.7 Å². The summed E-state index contributed by atoms with van der Waals surface area (Å²) in [5, 5.41) is 2.99. The van der Waals surface area contributed by atoms with Crippen molar-refractivity contribution in [2.45, 2.75) is 18.5 Å². The van der Waals surface area contributed by atoms with Crippen molar-refractivity contribution in [3.05, 3.63) is 90.0 Å². The van der Waals surface area contributed by atoms with Crippen LogP contribution in [-0.2, 0) is 11.0 Å². The summed E-state index contributed by atoms with van der Waals surface area (Å²) in [5.74, 6) is -0.361. The molecule has 1 fully saturated rings. The van der Waals surface area contributed by atoms with Gasteiger partial charge in [-0.25, -0.2) is 0 Å². The topological polar surface area (TPSA) is 29.1 Å². The second kappa shape index (κ2) is 7.15. The molecule has 1 aliphatic rings. The molecule has 0 saturated heterocycles. The highest BCUT2D eigenvalue weighted by molar-refractivity contribution is 5.98. The van der Waals surface area contributed by atoms with E-state index in [1.165, 1.54) is 12.1 Å². The Morgan fingerprint density at radius 1 is 0.857 bits per heavy atom. The molecule has 1 amide bonds. The highest BCUT2D eigenvalue weighted by Gasteiger charge is 2.44. The summed E-state index contributed by atoms with van der Waals surface area (Å²) < 4.78 is 38.1. The predicted octanol–water partition coefficient (Wildman–Crippen LogP) is 6.11. The van der Waals surface area contributed by atoms with Crippen LogP contribution in [0, 0.1) is 5.92 Å². The second-order valence-electron chi connectivity index (χ2n) is 6.97. The summed E-state index contributed by atoms with van der Waals surface area (Å²) in [6.07, 6.45) is -3.70. The zero-order valence-corrected chi connectivity index (χ0v) is 14.9. The minimum Gasteiger partial charge on any atom is -0.325 e. The molecule has 2 nitrogen and oxygen atoms in total. The first kappa shape index (κ1) is 18.3. The van der Waals surface area contributed by atoms with Crippen LogP contribution in [0.15, 0.2) is 78.9 Å². The molecule has 1 N–H and O–H groups in total. The molecule has 0 spiro atoms. The molecule has 3 aromatic carbocycles. The fourth-order valence-corrected chi connectivity index (χ4v) is 3.46. The van der Waals surface area contributed by atoms with Crippen molar-refractivity contribution in [2.24, 2.45) is 5.92 Å². The van der Waals surface area contributed by atoms with Crippen LogP contribution in [0.3, 0.4) is 0 Å². The Balaban J connectivity index is 1.47. The molecule has 5 heteroatoms. The number of halogens is 3. The van der Waals surface area contributed by atoms with Crippen LogP contribution in [-0.4, -0.2) is 5.91 Å². The van der Waals surface area contributed by atoms with Crippen molar-refractivity contribution in [2.75, 3.05) is 5.32 Å². The SMILES string of the molecule is O=C(Nc1ccccc1-c1ccccc1)C1CC1c1ccc(C(F)(F)F)cc1. The lowest BCUT2D eigenvalue weighted by atomic mass is 10.0. The number of hydrogen-bond donors (Lipinski definition) is 1. The lowest BCUT2D eigenvalue weighted by molar-refractivity contribution is -0.137. The summed E-state index contributed by atoms with van der Waals surface area (Å²) in [4.78, 5) is 12.7. The van der Waals surface area contributed by atoms with Gasteiger partial charge in [-0.1, -0.05) is 60.7 Å². The Morgan fingerprint density at radius 3 is 2.18 bits per heavy atom. The Morgan fingerprint density at radius 2 is 1.50 bits per heavy atom. The number of carbonyl (C=O) groups excluding carboxylic acids is 1. The van der Waals surface area contributed by atoms with Crippen LogP contribution in [0.4, 0.5) is 18.9 Å². The van der Waals surface area contributed by atoms with Gasteiger partial charge in [0.05, 0.1) is 5.56 Å². The van der Waals surface area contributed by atoms with Crippen LogP contribution in [0.25, 0.3) is 11.1 Å². The van der Waals surface area contributed by atoms with Crippen molar-refractivity contribution >= 4 is 11.6 Å². The summed E-state index contributed by atoms with van der Waals surface area (Å²) in [7, 11) is 0. The number of amides is 1. The van der Waals surface area contributed by atoms with Crippen molar-refractivity contribution in [3.8, 4) is 11.1 Å². The maximum Gasteiger partial charge on any atom is 0.416 e. The Labute approximate surface area is 161 Å². The normalized spacial score (nSPS) is 18.5. The van der Waals surface area contributed by atoms with Gasteiger partial charge in [-0.15, -0.1) is 0 Å². The summed E-state index contributed by atoms with van der Waals surface area (Å²) in [6, 6.07) is 22.5. The molecule has 4 rings (SSSR count). The standard InChI is InChI=1S/C23H18F3NO/c24-23(25,26)17-12-10-16(11-13-17)19-14-20(19)22(28)27-21-9-5-4-8-18(21)15-6-2-1-3-7-15/h1-13,19-20H,14H2,(H,27,28). The van der Waals surface area contributed by atoms with E-state index in [2.05, 4.69) is 5.32 Å². The summed E-state index contributed by atoms with van der Waals surface area (Å²) in [6.45, 7) is 0. The van der Waals surface area contributed by atoms with E-state index in [4.69, 9.17) is 0 Å². The quantitative estimate of drug-likeness (QED) is 0.580. The first-order valence-corrected chi connectivity index (χ1v) is 9.06. The van der Waals surface area contributed by atoms with Crippen LogP contribution in [0.1, 0.15) is 23.5 Å². The average molecular weight is 381 g/mol. The van der Waals surface area contributed by atoms with Gasteiger partial charge in [-0.3, -0.25) is 4.79 Å². The molecule has 1 aliphatic carbocycles. The minimum atomic E-state index is -4.35. The van der Waals surface area contributed by atoms with Gasteiger partial charge in [-0.05, 0) is 41.7 Å². The molecule has 0 aromatic heterocycles. The van der Waals surface area contributed by atoms with Gasteiger partial charge >= 0.3 is 6.18 Å². The maximum atomic E-state index is 12.7. The third kappa shape index (κ3) is 3.79. The van der Waals surface area contributed by atoms with Crippen molar-refractivity contribution in [3.63, 3.8) is 0 Å². The highest BCUT2D eigenvalue weighted by Crippen LogP contribution is 2.48. The molecule has 2 unspecified atom stereocenters. The first-order valence-electron chi connectivity index (χ1n) is 9.06. The second-order valence-corrected chi connectivity index (χ2v) is 6.97. The molecule has 2 atom stereocenters. The number of rotatable bonds is 4. The number of anilines is 1. The maximum absolute atomic E-state index is 12.7. The van der Waals surface area contributed by atoms with E-state index in [0.29, 0.717) is 6.42 Å². The van der Waals surface area contributed by atoms with E-state index in [1.807, 2.05) is 54.6 Å². The number of carbonyl (C=O) groups is 1. The zero-order chi connectivity index (χ0) is 19.7. The third-order valence-corrected chi connectivity index (χ3v) is 5.06. The summed E-state index contributed by atoms with van der Waals surface area (Å²) >= 11 is 0. The van der Waals surface area contributed by atoms with Gasteiger partial charge in [0.2, 0.25) is 5.91 Å². The molecular formula is C23H18F3NO. The molecule has 28 heavy (non-hydrogen) atoms. The Kier molecular flexibility index (Phi) is 4.67. The van der Waals surface area contributed by atoms with E-state index in [1.54, 1.807) is 0 Å². The lowest BCUT2D eigenvalue weighted by Crippen LogP contribution is -2.15. The van der Waals surface area contributed by atoms with E-state index in [0.717, 1.165) is 34.5 Å². The molecule has 0 radical (unpaired) electrons. The van der Waals surface area contributed by atoms with Crippen LogP contribution >= 0.6 is 0 Å². The molecule has 0 heterocycles. The zero-order valence-electron chi connectivity index (χ0n) is 14.9. The van der Waals surface area contributed by atoms with E-state index in [9.17, 15) is 18.0 Å². The first-order chi connectivity index (χ1) is 13.4. The van der Waals surface area contributed by atoms with Crippen molar-refractivity contribution in [1.29, 1.82) is 0 Å². The monoisotopic (exact) mass is 381 g/mol. The Hall–Kier alpha value is -3.08. The largest absolute Gasteiger partial charge is 0.416 e. The van der Waals surface area contributed by atoms with Gasteiger partial charge in [0, 0.05) is 17.2 Å². The molecule has 3 aromatic rings. The minimum absolute atomic E-state index is 0.0360. The fraction of sp³-hybridized carbons (Fsp3) is 0.174. The van der Waals surface area contributed by atoms with Crippen LogP contribution < -0.4 is 5.32 Å². The van der Waals surface area contributed by atoms with Gasteiger partial charge in [-0.2, -0.15) is 13.2 Å². The number of hydrogen-bond acceptors (Lipinski definition) is 1. The van der Waals surface area contributed by atoms with E-state index >= 15 is 0 Å². The number of nitrogens with one attached hydrogen (secondary N) is 1. The van der Waals surface area contributed by atoms with Gasteiger partial charge in [0.15, 0.2) is 0 Å². The van der Waals surface area contributed by atoms with Crippen LogP contribution in [0.2, 0.25) is 0 Å². The fourth-order valence-electron chi connectivity index (χ4n) is 3.46. The molecule has 0 bridgehead atoms. The third-order valence-electron chi connectivity index (χ3n) is 5.06. The number of para-hydroxylation sites is 1. The number of benzene rings is 3. The van der Waals surface area contributed by atoms with E-state index in [-0.39, 0.29) is 17.7 Å². The van der Waals surface area contributed by atoms with Crippen LogP contribution in [0.5, 0.6) is 0 Å². The number of alkyl halides is 3. The average Bonchev–Trinajstić information content (AvgIpc) is 3.50. The van der Waals surface area contributed by atoms with Gasteiger partial charge < -0.3 is 5.32 Å².